The van der Waals surface area contributed by atoms with Gasteiger partial charge in [-0.3, -0.25) is 29.4 Å². The zero-order valence-corrected chi connectivity index (χ0v) is 19.1. The number of carboxylic acid groups (broad SMARTS) is 1. The number of carbonyl (C=O) groups is 4. The van der Waals surface area contributed by atoms with Crippen molar-refractivity contribution in [2.45, 2.75) is 32.5 Å². The van der Waals surface area contributed by atoms with E-state index in [1.165, 1.54) is 41.0 Å². The number of nitro groups is 1. The van der Waals surface area contributed by atoms with Gasteiger partial charge in [0, 0.05) is 37.8 Å². The summed E-state index contributed by atoms with van der Waals surface area (Å²) in [6.07, 6.45) is -1.89. The molecule has 4 amide bonds. The summed E-state index contributed by atoms with van der Waals surface area (Å²) in [5, 5.41) is 25.8. The van der Waals surface area contributed by atoms with E-state index in [1.54, 1.807) is 18.2 Å². The lowest BCUT2D eigenvalue weighted by atomic mass is 10.0. The number of hydrogen-bond donors (Lipinski definition) is 3. The maximum absolute atomic E-state index is 13.3. The van der Waals surface area contributed by atoms with Crippen molar-refractivity contribution in [1.29, 1.82) is 0 Å². The van der Waals surface area contributed by atoms with E-state index in [1.807, 2.05) is 13.0 Å². The number of amides is 4. The minimum Gasteiger partial charge on any atom is -0.481 e. The van der Waals surface area contributed by atoms with Gasteiger partial charge in [0.15, 0.2) is 6.17 Å². The van der Waals surface area contributed by atoms with E-state index in [4.69, 9.17) is 0 Å². The van der Waals surface area contributed by atoms with Crippen LogP contribution in [0, 0.1) is 17.0 Å². The number of benzene rings is 2. The van der Waals surface area contributed by atoms with Gasteiger partial charge in [-0.05, 0) is 30.2 Å². The first-order valence-corrected chi connectivity index (χ1v) is 10.7. The predicted molar refractivity (Wildman–Crippen MR) is 124 cm³/mol. The zero-order valence-electron chi connectivity index (χ0n) is 19.1. The van der Waals surface area contributed by atoms with Gasteiger partial charge in [0.05, 0.1) is 17.4 Å². The molecule has 12 heteroatoms. The molecule has 0 spiro atoms. The van der Waals surface area contributed by atoms with Crippen molar-refractivity contribution in [2.24, 2.45) is 0 Å². The monoisotopic (exact) mass is 483 g/mol. The molecule has 0 saturated carbocycles. The third-order valence-electron chi connectivity index (χ3n) is 5.52. The van der Waals surface area contributed by atoms with Crippen LogP contribution in [0.25, 0.3) is 0 Å². The van der Waals surface area contributed by atoms with Gasteiger partial charge < -0.3 is 20.6 Å². The van der Waals surface area contributed by atoms with Crippen molar-refractivity contribution in [3.8, 4) is 0 Å². The van der Waals surface area contributed by atoms with Crippen LogP contribution in [0.2, 0.25) is 0 Å². The van der Waals surface area contributed by atoms with Gasteiger partial charge in [-0.1, -0.05) is 24.3 Å². The summed E-state index contributed by atoms with van der Waals surface area (Å²) >= 11 is 0. The Hall–Kier alpha value is -4.48. The van der Waals surface area contributed by atoms with Gasteiger partial charge in [0.2, 0.25) is 5.91 Å². The van der Waals surface area contributed by atoms with Crippen LogP contribution in [0.15, 0.2) is 48.5 Å². The van der Waals surface area contributed by atoms with Gasteiger partial charge in [-0.25, -0.2) is 4.79 Å². The molecule has 0 aromatic heterocycles. The van der Waals surface area contributed by atoms with Crippen LogP contribution in [0.5, 0.6) is 0 Å². The minimum absolute atomic E-state index is 0.0791. The molecule has 2 unspecified atom stereocenters. The number of carbonyl (C=O) groups excluding carboxylic acids is 3. The fourth-order valence-corrected chi connectivity index (χ4v) is 3.90. The lowest BCUT2D eigenvalue weighted by Crippen LogP contribution is -2.54. The summed E-state index contributed by atoms with van der Waals surface area (Å²) in [6, 6.07) is 10.6. The normalized spacial score (nSPS) is 15.9. The Bertz CT molecular complexity index is 1170. The highest BCUT2D eigenvalue weighted by molar-refractivity contribution is 5.96. The Morgan fingerprint density at radius 3 is 2.43 bits per heavy atom. The molecule has 2 atom stereocenters. The molecular formula is C23H25N5O7. The molecule has 0 aliphatic carbocycles. The van der Waals surface area contributed by atoms with Gasteiger partial charge in [-0.15, -0.1) is 0 Å². The van der Waals surface area contributed by atoms with Gasteiger partial charge in [0.25, 0.3) is 11.6 Å². The number of aliphatic carboxylic acids is 1. The van der Waals surface area contributed by atoms with Crippen molar-refractivity contribution < 1.29 is 29.2 Å². The average Bonchev–Trinajstić information content (AvgIpc) is 3.24. The van der Waals surface area contributed by atoms with Gasteiger partial charge in [0.1, 0.15) is 0 Å². The quantitative estimate of drug-likeness (QED) is 0.402. The van der Waals surface area contributed by atoms with Crippen LogP contribution >= 0.6 is 0 Å². The Labute approximate surface area is 200 Å². The average molecular weight is 483 g/mol. The van der Waals surface area contributed by atoms with Crippen molar-refractivity contribution in [3.63, 3.8) is 0 Å². The number of carboxylic acids is 1. The van der Waals surface area contributed by atoms with Crippen molar-refractivity contribution in [1.82, 2.24) is 15.1 Å². The Kier molecular flexibility index (Phi) is 7.64. The zero-order chi connectivity index (χ0) is 25.7. The third-order valence-corrected chi connectivity index (χ3v) is 5.52. The standard InChI is InChI=1S/C23H25N5O7/c1-14-5-3-7-17(11-14)24-23(33)27-10-9-26(15(2)29)22(27)21(32)25-19(13-20(30)31)16-6-4-8-18(12-16)28(34)35/h3-8,11-12,19,22H,9-10,13H2,1-2H3,(H,24,33)(H,25,32)(H,30,31). The molecule has 3 N–H and O–H groups in total. The smallest absolute Gasteiger partial charge is 0.323 e. The first kappa shape index (κ1) is 25.1. The molecule has 1 saturated heterocycles. The first-order valence-electron chi connectivity index (χ1n) is 10.7. The molecular weight excluding hydrogens is 458 g/mol. The molecule has 35 heavy (non-hydrogen) atoms. The Morgan fingerprint density at radius 2 is 1.80 bits per heavy atom. The highest BCUT2D eigenvalue weighted by Gasteiger charge is 2.42. The fourth-order valence-electron chi connectivity index (χ4n) is 3.90. The number of nitrogens with one attached hydrogen (secondary N) is 2. The molecule has 1 fully saturated rings. The van der Waals surface area contributed by atoms with Crippen LogP contribution < -0.4 is 10.6 Å². The van der Waals surface area contributed by atoms with E-state index < -0.39 is 47.4 Å². The molecule has 2 aromatic carbocycles. The van der Waals surface area contributed by atoms with Gasteiger partial charge >= 0.3 is 12.0 Å². The number of hydrogen-bond acceptors (Lipinski definition) is 6. The van der Waals surface area contributed by atoms with Crippen LogP contribution in [0.1, 0.15) is 30.5 Å². The summed E-state index contributed by atoms with van der Waals surface area (Å²) in [5.41, 5.74) is 1.36. The highest BCUT2D eigenvalue weighted by atomic mass is 16.6. The van der Waals surface area contributed by atoms with E-state index in [9.17, 15) is 34.4 Å². The summed E-state index contributed by atoms with van der Waals surface area (Å²) in [5.74, 6) is -2.47. The second-order valence-corrected chi connectivity index (χ2v) is 8.09. The summed E-state index contributed by atoms with van der Waals surface area (Å²) in [7, 11) is 0. The maximum atomic E-state index is 13.3. The topological polar surface area (TPSA) is 162 Å². The van der Waals surface area contributed by atoms with Gasteiger partial charge in [-0.2, -0.15) is 0 Å². The van der Waals surface area contributed by atoms with Crippen LogP contribution in [0.4, 0.5) is 16.2 Å². The fraction of sp³-hybridized carbons (Fsp3) is 0.304. The molecule has 1 aliphatic rings. The minimum atomic E-state index is -1.33. The maximum Gasteiger partial charge on any atom is 0.323 e. The molecule has 0 radical (unpaired) electrons. The van der Waals surface area contributed by atoms with Crippen LogP contribution in [-0.2, 0) is 14.4 Å². The van der Waals surface area contributed by atoms with Crippen LogP contribution in [0.3, 0.4) is 0 Å². The highest BCUT2D eigenvalue weighted by Crippen LogP contribution is 2.24. The largest absolute Gasteiger partial charge is 0.481 e. The second-order valence-electron chi connectivity index (χ2n) is 8.09. The number of nitro benzene ring substituents is 1. The van der Waals surface area contributed by atoms with E-state index >= 15 is 0 Å². The first-order chi connectivity index (χ1) is 16.6. The summed E-state index contributed by atoms with van der Waals surface area (Å²) in [4.78, 5) is 62.9. The summed E-state index contributed by atoms with van der Waals surface area (Å²) < 4.78 is 0. The van der Waals surface area contributed by atoms with E-state index in [2.05, 4.69) is 10.6 Å². The summed E-state index contributed by atoms with van der Waals surface area (Å²) in [6.45, 7) is 3.30. The third kappa shape index (κ3) is 6.10. The molecule has 3 rings (SSSR count). The predicted octanol–water partition coefficient (Wildman–Crippen LogP) is 2.26. The van der Waals surface area contributed by atoms with E-state index in [0.29, 0.717) is 5.69 Å². The van der Waals surface area contributed by atoms with Crippen molar-refractivity contribution in [3.05, 3.63) is 69.8 Å². The molecule has 1 aliphatic heterocycles. The lowest BCUT2D eigenvalue weighted by Gasteiger charge is -2.30. The molecule has 2 aromatic rings. The van der Waals surface area contributed by atoms with E-state index in [-0.39, 0.29) is 24.3 Å². The van der Waals surface area contributed by atoms with Crippen LogP contribution in [-0.4, -0.2) is 62.9 Å². The number of non-ortho nitro benzene ring substituents is 1. The molecule has 12 nitrogen and oxygen atoms in total. The molecule has 1 heterocycles. The Morgan fingerprint density at radius 1 is 1.11 bits per heavy atom. The number of aryl methyl sites for hydroxylation is 1. The molecule has 184 valence electrons. The number of rotatable bonds is 7. The Balaban J connectivity index is 1.86. The lowest BCUT2D eigenvalue weighted by molar-refractivity contribution is -0.384. The van der Waals surface area contributed by atoms with E-state index in [0.717, 1.165) is 5.56 Å². The SMILES string of the molecule is CC(=O)N1CCN(C(=O)Nc2cccc(C)c2)C1C(=O)NC(CC(=O)O)c1cccc([N+](=O)[O-])c1. The number of nitrogens with zero attached hydrogens (tertiary/aromatic N) is 3. The molecule has 0 bridgehead atoms. The van der Waals surface area contributed by atoms with Crippen molar-refractivity contribution >= 4 is 35.2 Å². The second kappa shape index (κ2) is 10.6. The van der Waals surface area contributed by atoms with Crippen molar-refractivity contribution in [2.75, 3.05) is 18.4 Å². The number of anilines is 1. The number of urea groups is 1.